The fraction of sp³-hybridized carbons (Fsp3) is 0.409. The highest BCUT2D eigenvalue weighted by molar-refractivity contribution is 5.42. The zero-order valence-corrected chi connectivity index (χ0v) is 15.3. The molecule has 25 heavy (non-hydrogen) atoms. The van der Waals surface area contributed by atoms with E-state index in [0.29, 0.717) is 17.7 Å². The highest BCUT2D eigenvalue weighted by atomic mass is 16.3. The van der Waals surface area contributed by atoms with Crippen LogP contribution in [0.3, 0.4) is 0 Å². The summed E-state index contributed by atoms with van der Waals surface area (Å²) in [4.78, 5) is 0. The maximum atomic E-state index is 10.1. The molecule has 2 N–H and O–H groups in total. The lowest BCUT2D eigenvalue weighted by atomic mass is 9.89. The fourth-order valence-electron chi connectivity index (χ4n) is 3.57. The lowest BCUT2D eigenvalue weighted by Gasteiger charge is -2.16. The number of hydrogen-bond donors (Lipinski definition) is 2. The van der Waals surface area contributed by atoms with Crippen molar-refractivity contribution in [3.05, 3.63) is 63.7 Å². The first kappa shape index (κ1) is 17.5. The molecule has 1 aliphatic rings. The van der Waals surface area contributed by atoms with E-state index in [0.717, 1.165) is 36.9 Å². The van der Waals surface area contributed by atoms with Crippen molar-refractivity contribution >= 4 is 0 Å². The van der Waals surface area contributed by atoms with Crippen molar-refractivity contribution in [2.24, 2.45) is 5.92 Å². The molecule has 0 radical (unpaired) electrons. The van der Waals surface area contributed by atoms with E-state index < -0.39 is 0 Å². The number of benzene rings is 2. The van der Waals surface area contributed by atoms with E-state index in [9.17, 15) is 10.4 Å². The minimum Gasteiger partial charge on any atom is -0.508 e. The second-order valence-electron chi connectivity index (χ2n) is 7.31. The molecule has 2 aromatic carbocycles. The third-order valence-electron chi connectivity index (χ3n) is 5.01. The predicted octanol–water partition coefficient (Wildman–Crippen LogP) is 4.20. The van der Waals surface area contributed by atoms with E-state index in [1.807, 2.05) is 25.1 Å². The van der Waals surface area contributed by atoms with Crippen LogP contribution in [0.1, 0.15) is 53.3 Å². The highest BCUT2D eigenvalue weighted by Crippen LogP contribution is 2.28. The van der Waals surface area contributed by atoms with Crippen LogP contribution in [0.15, 0.2) is 30.3 Å². The van der Waals surface area contributed by atoms with Gasteiger partial charge in [0.15, 0.2) is 0 Å². The Balaban J connectivity index is 1.77. The Hall–Kier alpha value is -2.31. The minimum absolute atomic E-state index is 0.382. The van der Waals surface area contributed by atoms with Crippen LogP contribution < -0.4 is 5.32 Å². The molecule has 0 aliphatic carbocycles. The Morgan fingerprint density at radius 2 is 1.96 bits per heavy atom. The average molecular weight is 334 g/mol. The molecular weight excluding hydrogens is 308 g/mol. The Kier molecular flexibility index (Phi) is 5.11. The number of hydrogen-bond acceptors (Lipinski definition) is 3. The Morgan fingerprint density at radius 3 is 2.60 bits per heavy atom. The summed E-state index contributed by atoms with van der Waals surface area (Å²) >= 11 is 0. The van der Waals surface area contributed by atoms with Gasteiger partial charge in [-0.1, -0.05) is 26.0 Å². The van der Waals surface area contributed by atoms with Crippen molar-refractivity contribution < 1.29 is 5.11 Å². The number of aryl methyl sites for hydroxylation is 2. The average Bonchev–Trinajstić information content (AvgIpc) is 3.42. The van der Waals surface area contributed by atoms with E-state index in [-0.39, 0.29) is 0 Å². The van der Waals surface area contributed by atoms with Crippen LogP contribution in [-0.2, 0) is 19.3 Å². The van der Waals surface area contributed by atoms with Gasteiger partial charge in [-0.15, -0.1) is 0 Å². The number of nitrogens with one attached hydrogen (secondary N) is 1. The molecule has 3 rings (SSSR count). The van der Waals surface area contributed by atoms with Gasteiger partial charge in [0, 0.05) is 12.6 Å². The summed E-state index contributed by atoms with van der Waals surface area (Å²) in [6.45, 7) is 7.35. The number of nitriles is 1. The lowest BCUT2D eigenvalue weighted by molar-refractivity contribution is 0.468. The van der Waals surface area contributed by atoms with Gasteiger partial charge in [-0.25, -0.2) is 0 Å². The molecule has 0 aromatic heterocycles. The molecule has 1 saturated heterocycles. The smallest absolute Gasteiger partial charge is 0.118 e. The summed E-state index contributed by atoms with van der Waals surface area (Å²) in [7, 11) is 0. The maximum absolute atomic E-state index is 10.1. The third kappa shape index (κ3) is 4.21. The number of nitrogens with zero attached hydrogens (tertiary/aromatic N) is 1. The minimum atomic E-state index is 0.382. The van der Waals surface area contributed by atoms with Gasteiger partial charge in [0.1, 0.15) is 5.75 Å². The zero-order chi connectivity index (χ0) is 18.0. The van der Waals surface area contributed by atoms with Gasteiger partial charge in [-0.2, -0.15) is 5.26 Å². The van der Waals surface area contributed by atoms with Crippen LogP contribution in [0, 0.1) is 24.2 Å². The van der Waals surface area contributed by atoms with Crippen molar-refractivity contribution in [2.45, 2.75) is 46.1 Å². The van der Waals surface area contributed by atoms with Gasteiger partial charge in [-0.3, -0.25) is 0 Å². The molecule has 3 heteroatoms. The van der Waals surface area contributed by atoms with E-state index in [1.54, 1.807) is 0 Å². The van der Waals surface area contributed by atoms with E-state index in [4.69, 9.17) is 0 Å². The fourth-order valence-corrected chi connectivity index (χ4v) is 3.57. The summed E-state index contributed by atoms with van der Waals surface area (Å²) in [6.07, 6.45) is 2.85. The normalized spacial score (nSPS) is 17.1. The standard InChI is InChI=1S/C22H26N2O/c1-4-18-7-15(3)22(25)11-19(18)6-14(2)5-16-8-17(12-23)10-20(9-16)21-13-24-21/h7-11,14,21,24-25H,4-6,13H2,1-3H3. The number of aromatic hydroxyl groups is 1. The first-order chi connectivity index (χ1) is 12.0. The second-order valence-corrected chi connectivity index (χ2v) is 7.31. The predicted molar refractivity (Wildman–Crippen MR) is 101 cm³/mol. The van der Waals surface area contributed by atoms with Gasteiger partial charge < -0.3 is 10.4 Å². The highest BCUT2D eigenvalue weighted by Gasteiger charge is 2.23. The topological polar surface area (TPSA) is 66.0 Å². The summed E-state index contributed by atoms with van der Waals surface area (Å²) in [5.74, 6) is 0.828. The molecule has 0 bridgehead atoms. The summed E-state index contributed by atoms with van der Waals surface area (Å²) in [5.41, 5.74) is 6.69. The molecule has 1 aliphatic heterocycles. The van der Waals surface area contributed by atoms with Crippen molar-refractivity contribution in [3.63, 3.8) is 0 Å². The van der Waals surface area contributed by atoms with Crippen molar-refractivity contribution in [1.82, 2.24) is 5.32 Å². The van der Waals surface area contributed by atoms with Crippen LogP contribution in [0.5, 0.6) is 5.75 Å². The van der Waals surface area contributed by atoms with Gasteiger partial charge in [-0.05, 0) is 78.1 Å². The Bertz CT molecular complexity index is 816. The van der Waals surface area contributed by atoms with Crippen molar-refractivity contribution in [2.75, 3.05) is 6.54 Å². The van der Waals surface area contributed by atoms with E-state index in [2.05, 4.69) is 37.4 Å². The molecule has 2 aromatic rings. The molecular formula is C22H26N2O. The number of rotatable bonds is 6. The van der Waals surface area contributed by atoms with Gasteiger partial charge in [0.25, 0.3) is 0 Å². The molecule has 1 heterocycles. The van der Waals surface area contributed by atoms with Gasteiger partial charge >= 0.3 is 0 Å². The van der Waals surface area contributed by atoms with Crippen molar-refractivity contribution in [1.29, 1.82) is 5.26 Å². The van der Waals surface area contributed by atoms with Crippen LogP contribution in [-0.4, -0.2) is 11.7 Å². The SMILES string of the molecule is CCc1cc(C)c(O)cc1CC(C)Cc1cc(C#N)cc(C2CN2)c1. The van der Waals surface area contributed by atoms with Crippen LogP contribution in [0.2, 0.25) is 0 Å². The van der Waals surface area contributed by atoms with Crippen LogP contribution in [0.4, 0.5) is 0 Å². The molecule has 3 nitrogen and oxygen atoms in total. The molecule has 130 valence electrons. The quantitative estimate of drug-likeness (QED) is 0.778. The van der Waals surface area contributed by atoms with E-state index in [1.165, 1.54) is 22.3 Å². The van der Waals surface area contributed by atoms with Gasteiger partial charge in [0.2, 0.25) is 0 Å². The molecule has 2 atom stereocenters. The lowest BCUT2D eigenvalue weighted by Crippen LogP contribution is -2.07. The third-order valence-corrected chi connectivity index (χ3v) is 5.01. The molecule has 1 fully saturated rings. The van der Waals surface area contributed by atoms with Crippen LogP contribution >= 0.6 is 0 Å². The molecule has 0 spiro atoms. The summed E-state index contributed by atoms with van der Waals surface area (Å²) in [6, 6.07) is 13.0. The first-order valence-corrected chi connectivity index (χ1v) is 9.08. The summed E-state index contributed by atoms with van der Waals surface area (Å²) in [5, 5.41) is 22.6. The van der Waals surface area contributed by atoms with Crippen molar-refractivity contribution in [3.8, 4) is 11.8 Å². The monoisotopic (exact) mass is 334 g/mol. The number of phenols is 1. The zero-order valence-electron chi connectivity index (χ0n) is 15.3. The molecule has 0 amide bonds. The summed E-state index contributed by atoms with van der Waals surface area (Å²) < 4.78 is 0. The van der Waals surface area contributed by atoms with E-state index >= 15 is 0 Å². The maximum Gasteiger partial charge on any atom is 0.118 e. The van der Waals surface area contributed by atoms with Gasteiger partial charge in [0.05, 0.1) is 11.6 Å². The molecule has 2 unspecified atom stereocenters. The first-order valence-electron chi connectivity index (χ1n) is 9.08. The van der Waals surface area contributed by atoms with Crippen LogP contribution in [0.25, 0.3) is 0 Å². The largest absolute Gasteiger partial charge is 0.508 e. The Labute approximate surface area is 150 Å². The second kappa shape index (κ2) is 7.29. The Morgan fingerprint density at radius 1 is 1.20 bits per heavy atom. The molecule has 0 saturated carbocycles. The number of phenolic OH excluding ortho intramolecular Hbond substituents is 1.